The van der Waals surface area contributed by atoms with E-state index in [0.29, 0.717) is 6.07 Å². The number of nitriles is 1. The van der Waals surface area contributed by atoms with Gasteiger partial charge in [0, 0.05) is 12.3 Å². The summed E-state index contributed by atoms with van der Waals surface area (Å²) in [6, 6.07) is 13.3. The summed E-state index contributed by atoms with van der Waals surface area (Å²) in [6.45, 7) is 0. The number of benzene rings is 2. The van der Waals surface area contributed by atoms with Crippen LogP contribution in [-0.4, -0.2) is 36.8 Å². The number of sulfone groups is 1. The lowest BCUT2D eigenvalue weighted by molar-refractivity contribution is -0.156. The largest absolute Gasteiger partial charge is 0.489 e. The normalized spacial score (nSPS) is 29.8. The van der Waals surface area contributed by atoms with Gasteiger partial charge in [-0.05, 0) is 37.1 Å². The van der Waals surface area contributed by atoms with Gasteiger partial charge in [0.05, 0.1) is 21.8 Å². The van der Waals surface area contributed by atoms with E-state index in [1.807, 2.05) is 0 Å². The number of halogens is 3. The van der Waals surface area contributed by atoms with Gasteiger partial charge in [0.25, 0.3) is 0 Å². The molecule has 0 heterocycles. The van der Waals surface area contributed by atoms with Gasteiger partial charge in [-0.25, -0.2) is 8.42 Å². The molecule has 190 valence electrons. The predicted molar refractivity (Wildman–Crippen MR) is 118 cm³/mol. The van der Waals surface area contributed by atoms with Crippen molar-refractivity contribution < 1.29 is 41.0 Å². The lowest BCUT2D eigenvalue weighted by Gasteiger charge is -2.32. The zero-order valence-corrected chi connectivity index (χ0v) is 19.4. The maximum atomic E-state index is 13.6. The number of ether oxygens (including phenoxy) is 1. The maximum Gasteiger partial charge on any atom is 0.417 e. The zero-order chi connectivity index (χ0) is 26.5. The highest BCUT2D eigenvalue weighted by molar-refractivity contribution is 7.92. The third-order valence-corrected chi connectivity index (χ3v) is 9.40. The van der Waals surface area contributed by atoms with Gasteiger partial charge in [-0.3, -0.25) is 9.59 Å². The number of carboxylic acids is 1. The second kappa shape index (κ2) is 8.51. The molecular formula is C24H21F3N2O6S. The molecule has 3 N–H and O–H groups in total. The van der Waals surface area contributed by atoms with Crippen molar-refractivity contribution in [2.24, 2.45) is 22.5 Å². The first-order chi connectivity index (χ1) is 16.8. The van der Waals surface area contributed by atoms with Gasteiger partial charge in [-0.15, -0.1) is 0 Å². The smallest absolute Gasteiger partial charge is 0.417 e. The van der Waals surface area contributed by atoms with Gasteiger partial charge in [0.2, 0.25) is 5.91 Å². The Bertz CT molecular complexity index is 1360. The Morgan fingerprint density at radius 2 is 1.69 bits per heavy atom. The fourth-order valence-electron chi connectivity index (χ4n) is 5.30. The van der Waals surface area contributed by atoms with Crippen LogP contribution in [0.4, 0.5) is 13.2 Å². The number of carbonyl (C=O) groups is 2. The van der Waals surface area contributed by atoms with Crippen LogP contribution in [0.3, 0.4) is 0 Å². The summed E-state index contributed by atoms with van der Waals surface area (Å²) in [5, 5.41) is 18.4. The number of nitrogens with zero attached hydrogens (tertiary/aromatic N) is 1. The SMILES string of the molecule is N#CC1(C(N)=O)CC1[C@@]1(C(=O)O)C[C@H](S(=O)(=O)c2ccccc2C(F)(F)F)C[C@@H]1Oc1ccccc1. The molecule has 0 bridgehead atoms. The number of carbonyl (C=O) groups excluding carboxylic acids is 1. The molecule has 0 saturated heterocycles. The molecule has 36 heavy (non-hydrogen) atoms. The van der Waals surface area contributed by atoms with Crippen LogP contribution in [-0.2, 0) is 25.6 Å². The Labute approximate surface area is 204 Å². The molecule has 2 fully saturated rings. The van der Waals surface area contributed by atoms with Gasteiger partial charge in [0.15, 0.2) is 9.84 Å². The Balaban J connectivity index is 1.83. The lowest BCUT2D eigenvalue weighted by Crippen LogP contribution is -2.46. The van der Waals surface area contributed by atoms with E-state index in [4.69, 9.17) is 10.5 Å². The number of hydrogen-bond acceptors (Lipinski definition) is 6. The van der Waals surface area contributed by atoms with E-state index in [1.54, 1.807) is 24.3 Å². The highest BCUT2D eigenvalue weighted by atomic mass is 32.2. The summed E-state index contributed by atoms with van der Waals surface area (Å²) in [5.74, 6) is -3.56. The average Bonchev–Trinajstić information content (AvgIpc) is 3.46. The van der Waals surface area contributed by atoms with Crippen molar-refractivity contribution in [3.05, 3.63) is 60.2 Å². The number of nitrogens with two attached hydrogens (primary N) is 1. The molecule has 5 atom stereocenters. The minimum Gasteiger partial charge on any atom is -0.489 e. The number of para-hydroxylation sites is 1. The molecule has 0 spiro atoms. The summed E-state index contributed by atoms with van der Waals surface area (Å²) in [6.07, 6.45) is -7.69. The van der Waals surface area contributed by atoms with Crippen LogP contribution in [0.1, 0.15) is 24.8 Å². The van der Waals surface area contributed by atoms with E-state index in [9.17, 15) is 41.5 Å². The minimum absolute atomic E-state index is 0.198. The molecular weight excluding hydrogens is 501 g/mol. The number of alkyl halides is 3. The molecule has 4 rings (SSSR count). The van der Waals surface area contributed by atoms with E-state index < -0.39 is 79.3 Å². The van der Waals surface area contributed by atoms with Crippen LogP contribution in [0.5, 0.6) is 5.75 Å². The third-order valence-electron chi connectivity index (χ3n) is 7.20. The van der Waals surface area contributed by atoms with Crippen LogP contribution >= 0.6 is 0 Å². The molecule has 2 aromatic rings. The van der Waals surface area contributed by atoms with E-state index in [0.717, 1.165) is 18.2 Å². The number of primary amides is 1. The number of aliphatic carboxylic acids is 1. The first-order valence-corrected chi connectivity index (χ1v) is 12.4. The summed E-state index contributed by atoms with van der Waals surface area (Å²) in [4.78, 5) is 23.9. The monoisotopic (exact) mass is 522 g/mol. The maximum absolute atomic E-state index is 13.6. The van der Waals surface area contributed by atoms with Crippen molar-refractivity contribution >= 4 is 21.7 Å². The molecule has 2 aliphatic rings. The zero-order valence-electron chi connectivity index (χ0n) is 18.6. The van der Waals surface area contributed by atoms with Crippen LogP contribution < -0.4 is 10.5 Å². The van der Waals surface area contributed by atoms with Gasteiger partial charge in [-0.2, -0.15) is 18.4 Å². The van der Waals surface area contributed by atoms with Crippen LogP contribution in [0, 0.1) is 28.1 Å². The van der Waals surface area contributed by atoms with Gasteiger partial charge < -0.3 is 15.6 Å². The highest BCUT2D eigenvalue weighted by Gasteiger charge is 2.76. The van der Waals surface area contributed by atoms with Crippen LogP contribution in [0.2, 0.25) is 0 Å². The first kappa shape index (κ1) is 25.5. The minimum atomic E-state index is -4.97. The second-order valence-corrected chi connectivity index (χ2v) is 11.3. The summed E-state index contributed by atoms with van der Waals surface area (Å²) >= 11 is 0. The first-order valence-electron chi connectivity index (χ1n) is 10.9. The standard InChI is InChI=1S/C24H21F3N2O6S/c25-24(26,27)16-8-4-5-9-17(16)36(33,34)15-10-19(35-14-6-2-1-3-7-14)23(11-15,21(31)32)18-12-22(18,13-28)20(29)30/h1-9,15,18-19H,10-12H2,(H2,29,30)(H,31,32)/t15-,18?,19+,22?,23+/m1/s1. The Kier molecular flexibility index (Phi) is 6.03. The molecule has 2 aromatic carbocycles. The van der Waals surface area contributed by atoms with E-state index in [2.05, 4.69) is 0 Å². The molecule has 2 saturated carbocycles. The fourth-order valence-corrected chi connectivity index (χ4v) is 7.34. The highest BCUT2D eigenvalue weighted by Crippen LogP contribution is 2.66. The van der Waals surface area contributed by atoms with Crippen molar-refractivity contribution in [2.45, 2.75) is 41.7 Å². The van der Waals surface area contributed by atoms with E-state index in [-0.39, 0.29) is 12.2 Å². The van der Waals surface area contributed by atoms with Gasteiger partial charge in [0.1, 0.15) is 22.7 Å². The van der Waals surface area contributed by atoms with Crippen molar-refractivity contribution in [3.63, 3.8) is 0 Å². The predicted octanol–water partition coefficient (Wildman–Crippen LogP) is 3.18. The van der Waals surface area contributed by atoms with Crippen LogP contribution in [0.15, 0.2) is 59.5 Å². The van der Waals surface area contributed by atoms with E-state index >= 15 is 0 Å². The molecule has 0 radical (unpaired) electrons. The quantitative estimate of drug-likeness (QED) is 0.568. The fraction of sp³-hybridized carbons (Fsp3) is 0.375. The lowest BCUT2D eigenvalue weighted by atomic mass is 9.75. The number of amides is 1. The molecule has 2 unspecified atom stereocenters. The summed E-state index contributed by atoms with van der Waals surface area (Å²) in [7, 11) is -4.71. The number of carboxylic acid groups (broad SMARTS) is 1. The Morgan fingerprint density at radius 1 is 1.08 bits per heavy atom. The average molecular weight is 523 g/mol. The van der Waals surface area contributed by atoms with Crippen molar-refractivity contribution in [1.82, 2.24) is 0 Å². The van der Waals surface area contributed by atoms with Crippen molar-refractivity contribution in [1.29, 1.82) is 5.26 Å². The molecule has 8 nitrogen and oxygen atoms in total. The molecule has 0 aliphatic heterocycles. The third kappa shape index (κ3) is 3.87. The van der Waals surface area contributed by atoms with Crippen LogP contribution in [0.25, 0.3) is 0 Å². The summed E-state index contributed by atoms with van der Waals surface area (Å²) in [5.41, 5.74) is 0.120. The molecule has 2 aliphatic carbocycles. The number of rotatable bonds is 7. The molecule has 1 amide bonds. The van der Waals surface area contributed by atoms with Crippen molar-refractivity contribution in [2.75, 3.05) is 0 Å². The topological polar surface area (TPSA) is 148 Å². The molecule has 0 aromatic heterocycles. The Hall–Kier alpha value is -3.59. The van der Waals surface area contributed by atoms with Crippen molar-refractivity contribution in [3.8, 4) is 11.8 Å². The van der Waals surface area contributed by atoms with E-state index in [1.165, 1.54) is 12.1 Å². The number of hydrogen-bond donors (Lipinski definition) is 2. The summed E-state index contributed by atoms with van der Waals surface area (Å²) < 4.78 is 73.8. The molecule has 12 heteroatoms. The Morgan fingerprint density at radius 3 is 2.22 bits per heavy atom. The van der Waals surface area contributed by atoms with Gasteiger partial charge in [-0.1, -0.05) is 30.3 Å². The van der Waals surface area contributed by atoms with Gasteiger partial charge >= 0.3 is 12.1 Å². The second-order valence-electron chi connectivity index (χ2n) is 9.07.